The second kappa shape index (κ2) is 7.82. The van der Waals surface area contributed by atoms with Crippen LogP contribution in [0, 0.1) is 11.8 Å². The third kappa shape index (κ3) is 6.27. The lowest BCUT2D eigenvalue weighted by atomic mass is 10.2. The number of anilines is 1. The van der Waals surface area contributed by atoms with Gasteiger partial charge >= 0.3 is 0 Å². The summed E-state index contributed by atoms with van der Waals surface area (Å²) < 4.78 is 25.9. The van der Waals surface area contributed by atoms with E-state index in [4.69, 9.17) is 5.11 Å². The van der Waals surface area contributed by atoms with E-state index in [-0.39, 0.29) is 12.4 Å². The summed E-state index contributed by atoms with van der Waals surface area (Å²) in [7, 11) is -3.25. The normalized spacial score (nSPS) is 10.6. The van der Waals surface area contributed by atoms with Crippen LogP contribution in [-0.4, -0.2) is 25.9 Å². The molecule has 0 spiro atoms. The molecule has 0 saturated carbocycles. The van der Waals surface area contributed by atoms with Crippen molar-refractivity contribution in [2.24, 2.45) is 0 Å². The Morgan fingerprint density at radius 2 is 1.95 bits per heavy atom. The van der Waals surface area contributed by atoms with E-state index in [9.17, 15) is 8.42 Å². The topological polar surface area (TPSA) is 66.4 Å². The van der Waals surface area contributed by atoms with Gasteiger partial charge in [-0.25, -0.2) is 8.42 Å². The summed E-state index contributed by atoms with van der Waals surface area (Å²) in [6.45, 7) is 2.00. The van der Waals surface area contributed by atoms with Crippen molar-refractivity contribution in [2.75, 3.05) is 17.1 Å². The number of aliphatic hydroxyl groups is 1. The predicted molar refractivity (Wildman–Crippen MR) is 77.3 cm³/mol. The molecule has 4 nitrogen and oxygen atoms in total. The number of hydrogen-bond acceptors (Lipinski definition) is 3. The van der Waals surface area contributed by atoms with Crippen LogP contribution in [-0.2, 0) is 10.0 Å². The molecule has 104 valence electrons. The maximum absolute atomic E-state index is 11.7. The molecule has 2 N–H and O–H groups in total. The van der Waals surface area contributed by atoms with E-state index in [1.54, 1.807) is 24.3 Å². The summed E-state index contributed by atoms with van der Waals surface area (Å²) >= 11 is 0. The Bertz CT molecular complexity index is 538. The van der Waals surface area contributed by atoms with E-state index in [0.29, 0.717) is 18.5 Å². The van der Waals surface area contributed by atoms with E-state index in [1.165, 1.54) is 0 Å². The minimum absolute atomic E-state index is 0.0440. The molecule has 0 fully saturated rings. The monoisotopic (exact) mass is 281 g/mol. The molecule has 5 heteroatoms. The molecule has 0 aliphatic rings. The van der Waals surface area contributed by atoms with Gasteiger partial charge in [-0.3, -0.25) is 4.72 Å². The van der Waals surface area contributed by atoms with Gasteiger partial charge in [-0.15, -0.1) is 0 Å². The molecule has 0 bridgehead atoms. The molecular formula is C14H19NO3S. The minimum atomic E-state index is -3.25. The molecule has 0 aliphatic heterocycles. The first-order valence-electron chi connectivity index (χ1n) is 6.27. The molecule has 1 aromatic rings. The fourth-order valence-corrected chi connectivity index (χ4v) is 2.67. The van der Waals surface area contributed by atoms with Gasteiger partial charge < -0.3 is 5.11 Å². The lowest BCUT2D eigenvalue weighted by molar-refractivity contribution is 0.305. The number of aliphatic hydroxyl groups excluding tert-OH is 1. The Balaban J connectivity index is 2.65. The summed E-state index contributed by atoms with van der Waals surface area (Å²) in [6, 6.07) is 6.88. The van der Waals surface area contributed by atoms with Gasteiger partial charge in [-0.2, -0.15) is 0 Å². The van der Waals surface area contributed by atoms with Crippen molar-refractivity contribution in [2.45, 2.75) is 26.2 Å². The van der Waals surface area contributed by atoms with Gasteiger partial charge in [-0.05, 0) is 30.7 Å². The maximum atomic E-state index is 11.7. The molecule has 1 rings (SSSR count). The molecule has 1 aromatic carbocycles. The zero-order valence-electron chi connectivity index (χ0n) is 11.0. The molecule has 0 aliphatic carbocycles. The number of rotatable bonds is 6. The van der Waals surface area contributed by atoms with E-state index in [2.05, 4.69) is 16.6 Å². The zero-order chi connectivity index (χ0) is 14.1. The summed E-state index contributed by atoms with van der Waals surface area (Å²) in [5, 5.41) is 8.61. The van der Waals surface area contributed by atoms with Crippen LogP contribution >= 0.6 is 0 Å². The Hall–Kier alpha value is -1.51. The molecule has 0 aromatic heterocycles. The Morgan fingerprint density at radius 1 is 1.26 bits per heavy atom. The first kappa shape index (κ1) is 15.5. The zero-order valence-corrected chi connectivity index (χ0v) is 11.8. The highest BCUT2D eigenvalue weighted by Crippen LogP contribution is 2.11. The second-order valence-corrected chi connectivity index (χ2v) is 5.97. The molecule has 0 atom stereocenters. The van der Waals surface area contributed by atoms with Gasteiger partial charge in [0.05, 0.1) is 12.4 Å². The summed E-state index contributed by atoms with van der Waals surface area (Å²) in [5.74, 6) is 5.83. The van der Waals surface area contributed by atoms with Crippen molar-refractivity contribution in [1.29, 1.82) is 0 Å². The minimum Gasteiger partial charge on any atom is -0.395 e. The molecule has 0 radical (unpaired) electrons. The first-order valence-corrected chi connectivity index (χ1v) is 7.93. The molecule has 19 heavy (non-hydrogen) atoms. The first-order chi connectivity index (χ1) is 9.07. The fourth-order valence-electron chi connectivity index (χ4n) is 1.41. The van der Waals surface area contributed by atoms with Gasteiger partial charge in [0.25, 0.3) is 0 Å². The van der Waals surface area contributed by atoms with Crippen LogP contribution in [0.2, 0.25) is 0 Å². The van der Waals surface area contributed by atoms with E-state index in [1.807, 2.05) is 6.92 Å². The molecule has 0 unspecified atom stereocenters. The van der Waals surface area contributed by atoms with E-state index >= 15 is 0 Å². The Morgan fingerprint density at radius 3 is 2.53 bits per heavy atom. The molecule has 0 amide bonds. The third-order valence-electron chi connectivity index (χ3n) is 2.39. The standard InChI is InChI=1S/C14H19NO3S/c1-2-3-12-19(17,18)15-14-9-7-13(8-10-14)6-4-5-11-16/h7-10,15-16H,2-3,5,11-12H2,1H3. The van der Waals surface area contributed by atoms with Gasteiger partial charge in [0.15, 0.2) is 0 Å². The van der Waals surface area contributed by atoms with Crippen molar-refractivity contribution < 1.29 is 13.5 Å². The number of nitrogens with one attached hydrogen (secondary N) is 1. The van der Waals surface area contributed by atoms with Crippen LogP contribution in [0.5, 0.6) is 0 Å². The number of unbranched alkanes of at least 4 members (excludes halogenated alkanes) is 1. The lowest BCUT2D eigenvalue weighted by Crippen LogP contribution is -2.16. The summed E-state index contributed by atoms with van der Waals surface area (Å²) in [4.78, 5) is 0. The van der Waals surface area contributed by atoms with Crippen molar-refractivity contribution in [3.05, 3.63) is 29.8 Å². The SMILES string of the molecule is CCCCS(=O)(=O)Nc1ccc(C#CCCO)cc1. The highest BCUT2D eigenvalue weighted by Gasteiger charge is 2.08. The largest absolute Gasteiger partial charge is 0.395 e. The Kier molecular flexibility index (Phi) is 6.40. The smallest absolute Gasteiger partial charge is 0.232 e. The van der Waals surface area contributed by atoms with Gasteiger partial charge in [0, 0.05) is 17.7 Å². The van der Waals surface area contributed by atoms with E-state index < -0.39 is 10.0 Å². The molecular weight excluding hydrogens is 262 g/mol. The predicted octanol–water partition coefficient (Wildman–Crippen LogP) is 1.96. The van der Waals surface area contributed by atoms with Crippen LogP contribution in [0.15, 0.2) is 24.3 Å². The van der Waals surface area contributed by atoms with Crippen LogP contribution < -0.4 is 4.72 Å². The lowest BCUT2D eigenvalue weighted by Gasteiger charge is -2.07. The van der Waals surface area contributed by atoms with Gasteiger partial charge in [-0.1, -0.05) is 25.2 Å². The highest BCUT2D eigenvalue weighted by molar-refractivity contribution is 7.92. The van der Waals surface area contributed by atoms with Crippen molar-refractivity contribution in [3.8, 4) is 11.8 Å². The third-order valence-corrected chi connectivity index (χ3v) is 3.77. The fraction of sp³-hybridized carbons (Fsp3) is 0.429. The van der Waals surface area contributed by atoms with Crippen molar-refractivity contribution in [1.82, 2.24) is 0 Å². The van der Waals surface area contributed by atoms with Crippen molar-refractivity contribution in [3.63, 3.8) is 0 Å². The maximum Gasteiger partial charge on any atom is 0.232 e. The van der Waals surface area contributed by atoms with Gasteiger partial charge in [0.2, 0.25) is 10.0 Å². The number of hydrogen-bond donors (Lipinski definition) is 2. The molecule has 0 saturated heterocycles. The molecule has 0 heterocycles. The van der Waals surface area contributed by atoms with E-state index in [0.717, 1.165) is 12.0 Å². The average Bonchev–Trinajstić information content (AvgIpc) is 2.38. The van der Waals surface area contributed by atoms with Crippen molar-refractivity contribution >= 4 is 15.7 Å². The second-order valence-electron chi connectivity index (χ2n) is 4.13. The van der Waals surface area contributed by atoms with Gasteiger partial charge in [0.1, 0.15) is 0 Å². The number of sulfonamides is 1. The van der Waals surface area contributed by atoms with Crippen LogP contribution in [0.25, 0.3) is 0 Å². The van der Waals surface area contributed by atoms with Crippen LogP contribution in [0.3, 0.4) is 0 Å². The average molecular weight is 281 g/mol. The summed E-state index contributed by atoms with van der Waals surface area (Å²) in [6.07, 6.45) is 1.94. The van der Waals surface area contributed by atoms with Crippen LogP contribution in [0.1, 0.15) is 31.7 Å². The quantitative estimate of drug-likeness (QED) is 0.783. The Labute approximate surface area is 114 Å². The number of benzene rings is 1. The highest BCUT2D eigenvalue weighted by atomic mass is 32.2. The van der Waals surface area contributed by atoms with Crippen LogP contribution in [0.4, 0.5) is 5.69 Å². The summed E-state index contributed by atoms with van der Waals surface area (Å²) in [5.41, 5.74) is 1.34.